The summed E-state index contributed by atoms with van der Waals surface area (Å²) in [5, 5.41) is 9.85. The molecular weight excluding hydrogens is 657 g/mol. The van der Waals surface area contributed by atoms with Crippen LogP contribution in [0, 0.1) is 11.8 Å². The topological polar surface area (TPSA) is 22.4 Å². The average Bonchev–Trinajstić information content (AvgIpc) is 3.77. The Balaban J connectivity index is 1.00. The highest BCUT2D eigenvalue weighted by Gasteiger charge is 2.35. The standard InChI is InChI=1S/C52H34O2/c1-2-12-31(13-3-1)35-23-24-43(37-15-5-4-14-36(35)37)52-41-19-8-6-17-39(41)51(40-18-7-9-20-42(40)52)32-22-25-48-45(26-32)46-28-33-27-44-38-16-10-11-21-47(38)53-49(44)29-34(33)30-50(46)54-48/h1-25,27-30,36-37,45H,26H2. The lowest BCUT2D eigenvalue weighted by Gasteiger charge is -2.33. The van der Waals surface area contributed by atoms with Crippen molar-refractivity contribution in [2.75, 3.05) is 0 Å². The van der Waals surface area contributed by atoms with Crippen LogP contribution in [0.1, 0.15) is 34.6 Å². The van der Waals surface area contributed by atoms with Crippen LogP contribution in [0.25, 0.3) is 71.0 Å². The van der Waals surface area contributed by atoms with Gasteiger partial charge in [0.05, 0.1) is 0 Å². The fourth-order valence-corrected chi connectivity index (χ4v) is 9.80. The maximum absolute atomic E-state index is 6.60. The predicted molar refractivity (Wildman–Crippen MR) is 224 cm³/mol. The van der Waals surface area contributed by atoms with Gasteiger partial charge in [0.15, 0.2) is 0 Å². The van der Waals surface area contributed by atoms with Crippen molar-refractivity contribution in [3.63, 3.8) is 0 Å². The molecule has 2 heterocycles. The Kier molecular flexibility index (Phi) is 6.32. The molecule has 0 spiro atoms. The van der Waals surface area contributed by atoms with Crippen LogP contribution >= 0.6 is 0 Å². The molecule has 2 nitrogen and oxygen atoms in total. The highest BCUT2D eigenvalue weighted by atomic mass is 16.5. The van der Waals surface area contributed by atoms with Crippen LogP contribution in [-0.4, -0.2) is 0 Å². The number of rotatable bonds is 3. The Morgan fingerprint density at radius 3 is 1.87 bits per heavy atom. The third-order valence-electron chi connectivity index (χ3n) is 12.2. The molecular formula is C52H34O2. The molecule has 4 aliphatic rings. The minimum atomic E-state index is 0.154. The second-order valence-corrected chi connectivity index (χ2v) is 15.1. The first-order valence-corrected chi connectivity index (χ1v) is 19.0. The first-order chi connectivity index (χ1) is 26.8. The number of para-hydroxylation sites is 1. The lowest BCUT2D eigenvalue weighted by molar-refractivity contribution is 0.427. The summed E-state index contributed by atoms with van der Waals surface area (Å²) in [6.45, 7) is 0. The zero-order chi connectivity index (χ0) is 35.3. The summed E-state index contributed by atoms with van der Waals surface area (Å²) in [6.07, 6.45) is 19.4. The van der Waals surface area contributed by atoms with Crippen molar-refractivity contribution in [1.29, 1.82) is 0 Å². The van der Waals surface area contributed by atoms with Gasteiger partial charge in [-0.1, -0.05) is 140 Å². The van der Waals surface area contributed by atoms with Gasteiger partial charge in [-0.25, -0.2) is 0 Å². The molecule has 3 unspecified atom stereocenters. The van der Waals surface area contributed by atoms with Crippen LogP contribution in [0.2, 0.25) is 0 Å². The zero-order valence-electron chi connectivity index (χ0n) is 29.5. The van der Waals surface area contributed by atoms with Crippen LogP contribution < -0.4 is 4.74 Å². The lowest BCUT2D eigenvalue weighted by atomic mass is 9.70. The largest absolute Gasteiger partial charge is 0.461 e. The summed E-state index contributed by atoms with van der Waals surface area (Å²) in [4.78, 5) is 0. The van der Waals surface area contributed by atoms with Crippen molar-refractivity contribution in [2.45, 2.75) is 12.3 Å². The van der Waals surface area contributed by atoms with Crippen molar-refractivity contribution in [2.24, 2.45) is 11.8 Å². The smallest absolute Gasteiger partial charge is 0.136 e. The number of furan rings is 1. The van der Waals surface area contributed by atoms with Gasteiger partial charge >= 0.3 is 0 Å². The van der Waals surface area contributed by atoms with Gasteiger partial charge in [-0.05, 0) is 109 Å². The fraction of sp³-hybridized carbons (Fsp3) is 0.0769. The van der Waals surface area contributed by atoms with Crippen LogP contribution in [0.4, 0.5) is 0 Å². The van der Waals surface area contributed by atoms with Gasteiger partial charge in [0, 0.05) is 34.1 Å². The van der Waals surface area contributed by atoms with Crippen molar-refractivity contribution in [3.8, 4) is 5.75 Å². The number of fused-ring (bicyclic) bond motifs is 10. The highest BCUT2D eigenvalue weighted by molar-refractivity contribution is 6.17. The summed E-state index contributed by atoms with van der Waals surface area (Å²) in [5.74, 6) is 2.66. The van der Waals surface area contributed by atoms with Gasteiger partial charge < -0.3 is 9.15 Å². The molecule has 0 saturated heterocycles. The maximum Gasteiger partial charge on any atom is 0.136 e. The minimum Gasteiger partial charge on any atom is -0.461 e. The van der Waals surface area contributed by atoms with Crippen molar-refractivity contribution < 1.29 is 9.15 Å². The molecule has 8 aromatic rings. The normalized spacial score (nSPS) is 20.0. The Bertz CT molecular complexity index is 3050. The van der Waals surface area contributed by atoms with Crippen molar-refractivity contribution >= 4 is 71.0 Å². The van der Waals surface area contributed by atoms with Gasteiger partial charge in [-0.15, -0.1) is 0 Å². The van der Waals surface area contributed by atoms with Gasteiger partial charge in [0.25, 0.3) is 0 Å². The van der Waals surface area contributed by atoms with Gasteiger partial charge in [0.1, 0.15) is 22.7 Å². The van der Waals surface area contributed by atoms with Gasteiger partial charge in [0.2, 0.25) is 0 Å². The van der Waals surface area contributed by atoms with Crippen molar-refractivity contribution in [1.82, 2.24) is 0 Å². The molecule has 0 amide bonds. The quantitative estimate of drug-likeness (QED) is 0.172. The third kappa shape index (κ3) is 4.34. The van der Waals surface area contributed by atoms with E-state index in [4.69, 9.17) is 9.15 Å². The Morgan fingerprint density at radius 2 is 1.11 bits per heavy atom. The summed E-state index contributed by atoms with van der Waals surface area (Å²) in [7, 11) is 0. The summed E-state index contributed by atoms with van der Waals surface area (Å²) >= 11 is 0. The molecule has 12 rings (SSSR count). The molecule has 3 aliphatic carbocycles. The van der Waals surface area contributed by atoms with Crippen LogP contribution in [0.15, 0.2) is 186 Å². The molecule has 2 heteroatoms. The molecule has 0 fully saturated rings. The van der Waals surface area contributed by atoms with Crippen LogP contribution in [0.5, 0.6) is 5.75 Å². The summed E-state index contributed by atoms with van der Waals surface area (Å²) < 4.78 is 12.8. The number of hydrogen-bond acceptors (Lipinski definition) is 2. The van der Waals surface area contributed by atoms with E-state index in [-0.39, 0.29) is 17.8 Å². The molecule has 0 N–H and O–H groups in total. The second-order valence-electron chi connectivity index (χ2n) is 15.1. The molecule has 3 atom stereocenters. The van der Waals surface area contributed by atoms with E-state index >= 15 is 0 Å². The predicted octanol–water partition coefficient (Wildman–Crippen LogP) is 13.7. The number of hydrogen-bond donors (Lipinski definition) is 0. The molecule has 0 saturated carbocycles. The van der Waals surface area contributed by atoms with E-state index in [2.05, 4.69) is 164 Å². The molecule has 254 valence electrons. The van der Waals surface area contributed by atoms with Crippen molar-refractivity contribution in [3.05, 3.63) is 204 Å². The summed E-state index contributed by atoms with van der Waals surface area (Å²) in [5.41, 5.74) is 11.1. The van der Waals surface area contributed by atoms with E-state index in [9.17, 15) is 0 Å². The lowest BCUT2D eigenvalue weighted by Crippen LogP contribution is -2.19. The fourth-order valence-electron chi connectivity index (χ4n) is 9.80. The van der Waals surface area contributed by atoms with E-state index in [1.54, 1.807) is 0 Å². The number of allylic oxidation sites excluding steroid dienone is 12. The SMILES string of the molecule is C1=CC2C(c3ccccc3)=CC=C(c3c4ccccc4c(C4=CC=C5Oc6cc7cc8oc9ccccc9c8cc7cc6C5C4)c4ccccc34)C2C=C1. The monoisotopic (exact) mass is 690 g/mol. The van der Waals surface area contributed by atoms with E-state index in [0.29, 0.717) is 0 Å². The molecule has 1 aromatic heterocycles. The Morgan fingerprint density at radius 1 is 0.481 bits per heavy atom. The van der Waals surface area contributed by atoms with Gasteiger partial charge in [-0.2, -0.15) is 0 Å². The first-order valence-electron chi connectivity index (χ1n) is 19.0. The minimum absolute atomic E-state index is 0.154. The Hall–Kier alpha value is -6.64. The van der Waals surface area contributed by atoms with Gasteiger partial charge in [-0.3, -0.25) is 0 Å². The first kappa shape index (κ1) is 29.9. The molecule has 54 heavy (non-hydrogen) atoms. The van der Waals surface area contributed by atoms with E-state index in [0.717, 1.165) is 45.3 Å². The molecule has 7 aromatic carbocycles. The molecule has 0 bridgehead atoms. The third-order valence-corrected chi connectivity index (χ3v) is 12.2. The maximum atomic E-state index is 6.60. The van der Waals surface area contributed by atoms with E-state index < -0.39 is 0 Å². The second kappa shape index (κ2) is 11.4. The highest BCUT2D eigenvalue weighted by Crippen LogP contribution is 2.53. The van der Waals surface area contributed by atoms with Crippen LogP contribution in [-0.2, 0) is 0 Å². The van der Waals surface area contributed by atoms with E-state index in [1.807, 2.05) is 12.1 Å². The summed E-state index contributed by atoms with van der Waals surface area (Å²) in [6, 6.07) is 46.3. The van der Waals surface area contributed by atoms with Crippen LogP contribution in [0.3, 0.4) is 0 Å². The molecule has 1 aliphatic heterocycles. The average molecular weight is 691 g/mol. The Labute approximate surface area is 313 Å². The zero-order valence-corrected chi connectivity index (χ0v) is 29.5. The number of ether oxygens (including phenoxy) is 1. The van der Waals surface area contributed by atoms with E-state index in [1.165, 1.54) is 65.9 Å². The number of benzene rings is 7. The molecule has 0 radical (unpaired) electrons.